The molecule has 142 valence electrons. The van der Waals surface area contributed by atoms with Gasteiger partial charge in [0.1, 0.15) is 18.5 Å². The van der Waals surface area contributed by atoms with E-state index in [2.05, 4.69) is 22.5 Å². The van der Waals surface area contributed by atoms with Crippen molar-refractivity contribution < 1.29 is 23.0 Å². The number of unbranched alkanes of at least 4 members (excludes halogenated alkanes) is 1. The summed E-state index contributed by atoms with van der Waals surface area (Å²) in [6.07, 6.45) is -3.28. The summed E-state index contributed by atoms with van der Waals surface area (Å²) in [6.45, 7) is 5.43. The van der Waals surface area contributed by atoms with Crippen molar-refractivity contribution >= 4 is 5.96 Å². The number of alkyl halides is 3. The summed E-state index contributed by atoms with van der Waals surface area (Å²) in [7, 11) is 0. The lowest BCUT2D eigenvalue weighted by atomic mass is 10.2. The van der Waals surface area contributed by atoms with Crippen molar-refractivity contribution in [2.24, 2.45) is 4.99 Å². The largest absolute Gasteiger partial charge is 0.491 e. The lowest BCUT2D eigenvalue weighted by Crippen LogP contribution is -2.38. The minimum absolute atomic E-state index is 0.0610. The molecule has 0 heterocycles. The van der Waals surface area contributed by atoms with Crippen molar-refractivity contribution in [3.8, 4) is 5.75 Å². The van der Waals surface area contributed by atoms with Gasteiger partial charge in [-0.25, -0.2) is 0 Å². The van der Waals surface area contributed by atoms with Gasteiger partial charge in [0.25, 0.3) is 0 Å². The fraction of sp³-hybridized carbons (Fsp3) is 0.588. The Bertz CT molecular complexity index is 536. The number of guanidine groups is 1. The highest BCUT2D eigenvalue weighted by Crippen LogP contribution is 2.31. The SMILES string of the molecule is CCCCNC(=NCC(O)COc1cccc(C(F)(F)F)c1)NCC. The summed E-state index contributed by atoms with van der Waals surface area (Å²) in [5, 5.41) is 16.1. The van der Waals surface area contributed by atoms with Gasteiger partial charge >= 0.3 is 6.18 Å². The lowest BCUT2D eigenvalue weighted by molar-refractivity contribution is -0.137. The molecule has 1 rings (SSSR count). The summed E-state index contributed by atoms with van der Waals surface area (Å²) >= 11 is 0. The Morgan fingerprint density at radius 3 is 2.68 bits per heavy atom. The maximum absolute atomic E-state index is 12.6. The molecule has 0 radical (unpaired) electrons. The van der Waals surface area contributed by atoms with Crippen LogP contribution in [0.4, 0.5) is 13.2 Å². The quantitative estimate of drug-likeness (QED) is 0.360. The molecule has 0 fully saturated rings. The van der Waals surface area contributed by atoms with Gasteiger partial charge in [-0.3, -0.25) is 4.99 Å². The number of aliphatic imine (C=N–C) groups is 1. The topological polar surface area (TPSA) is 65.9 Å². The molecule has 3 N–H and O–H groups in total. The summed E-state index contributed by atoms with van der Waals surface area (Å²) in [6, 6.07) is 4.57. The second-order valence-corrected chi connectivity index (χ2v) is 5.49. The zero-order valence-corrected chi connectivity index (χ0v) is 14.6. The summed E-state index contributed by atoms with van der Waals surface area (Å²) in [5.74, 6) is 0.653. The van der Waals surface area contributed by atoms with Crippen LogP contribution in [0.15, 0.2) is 29.3 Å². The fourth-order valence-electron chi connectivity index (χ4n) is 1.93. The van der Waals surface area contributed by atoms with E-state index in [1.54, 1.807) is 0 Å². The molecule has 0 aliphatic heterocycles. The van der Waals surface area contributed by atoms with E-state index in [1.165, 1.54) is 12.1 Å². The van der Waals surface area contributed by atoms with Gasteiger partial charge in [-0.15, -0.1) is 0 Å². The number of nitrogens with one attached hydrogen (secondary N) is 2. The second kappa shape index (κ2) is 10.8. The second-order valence-electron chi connectivity index (χ2n) is 5.49. The Kier molecular flexibility index (Phi) is 9.12. The number of hydrogen-bond acceptors (Lipinski definition) is 3. The number of benzene rings is 1. The minimum atomic E-state index is -4.42. The Morgan fingerprint density at radius 2 is 2.04 bits per heavy atom. The van der Waals surface area contributed by atoms with Crippen molar-refractivity contribution in [3.05, 3.63) is 29.8 Å². The Hall–Kier alpha value is -1.96. The predicted molar refractivity (Wildman–Crippen MR) is 91.8 cm³/mol. The monoisotopic (exact) mass is 361 g/mol. The first kappa shape index (κ1) is 21.1. The van der Waals surface area contributed by atoms with Crippen LogP contribution in [0.25, 0.3) is 0 Å². The number of rotatable bonds is 9. The van der Waals surface area contributed by atoms with Gasteiger partial charge in [0.2, 0.25) is 0 Å². The van der Waals surface area contributed by atoms with Crippen molar-refractivity contribution in [1.82, 2.24) is 10.6 Å². The standard InChI is InChI=1S/C17H26F3N3O2/c1-3-5-9-22-16(21-4-2)23-11-14(24)12-25-15-8-6-7-13(10-15)17(18,19)20/h6-8,10,14,24H,3-5,9,11-12H2,1-2H3,(H2,21,22,23). The molecular weight excluding hydrogens is 335 g/mol. The zero-order valence-electron chi connectivity index (χ0n) is 14.6. The molecule has 1 aromatic carbocycles. The van der Waals surface area contributed by atoms with Crippen LogP contribution in [0, 0.1) is 0 Å². The fourth-order valence-corrected chi connectivity index (χ4v) is 1.93. The third kappa shape index (κ3) is 8.62. The van der Waals surface area contributed by atoms with Crippen molar-refractivity contribution in [3.63, 3.8) is 0 Å². The highest BCUT2D eigenvalue weighted by Gasteiger charge is 2.30. The maximum atomic E-state index is 12.6. The Balaban J connectivity index is 2.50. The average Bonchev–Trinajstić information content (AvgIpc) is 2.57. The summed E-state index contributed by atoms with van der Waals surface area (Å²) in [5.41, 5.74) is -0.785. The average molecular weight is 361 g/mol. The third-order valence-electron chi connectivity index (χ3n) is 3.23. The van der Waals surface area contributed by atoms with Crippen molar-refractivity contribution in [2.45, 2.75) is 39.0 Å². The molecule has 0 bridgehead atoms. The van der Waals surface area contributed by atoms with Gasteiger partial charge in [0, 0.05) is 13.1 Å². The lowest BCUT2D eigenvalue weighted by Gasteiger charge is -2.14. The van der Waals surface area contributed by atoms with E-state index in [9.17, 15) is 18.3 Å². The van der Waals surface area contributed by atoms with Gasteiger partial charge in [-0.2, -0.15) is 13.2 Å². The molecule has 25 heavy (non-hydrogen) atoms. The van der Waals surface area contributed by atoms with E-state index in [1.807, 2.05) is 6.92 Å². The number of hydrogen-bond donors (Lipinski definition) is 3. The molecular formula is C17H26F3N3O2. The molecule has 0 aromatic heterocycles. The molecule has 1 unspecified atom stereocenters. The molecule has 0 amide bonds. The van der Waals surface area contributed by atoms with Gasteiger partial charge in [-0.1, -0.05) is 19.4 Å². The molecule has 0 spiro atoms. The number of nitrogens with zero attached hydrogens (tertiary/aromatic N) is 1. The number of halogens is 3. The smallest absolute Gasteiger partial charge is 0.416 e. The van der Waals surface area contributed by atoms with E-state index in [0.717, 1.165) is 31.5 Å². The predicted octanol–water partition coefficient (Wildman–Crippen LogP) is 2.80. The van der Waals surface area contributed by atoms with Crippen LogP contribution in [0.1, 0.15) is 32.3 Å². The van der Waals surface area contributed by atoms with Gasteiger partial charge in [-0.05, 0) is 31.5 Å². The van der Waals surface area contributed by atoms with Crippen LogP contribution in [-0.2, 0) is 6.18 Å². The third-order valence-corrected chi connectivity index (χ3v) is 3.23. The van der Waals surface area contributed by atoms with E-state index >= 15 is 0 Å². The van der Waals surface area contributed by atoms with Crippen LogP contribution in [0.2, 0.25) is 0 Å². The molecule has 0 aliphatic carbocycles. The van der Waals surface area contributed by atoms with Crippen LogP contribution >= 0.6 is 0 Å². The van der Waals surface area contributed by atoms with Crippen LogP contribution in [0.3, 0.4) is 0 Å². The first-order chi connectivity index (χ1) is 11.9. The van der Waals surface area contributed by atoms with E-state index in [4.69, 9.17) is 4.74 Å². The molecule has 0 saturated carbocycles. The first-order valence-electron chi connectivity index (χ1n) is 8.37. The zero-order chi connectivity index (χ0) is 18.7. The molecule has 1 aromatic rings. The number of aliphatic hydroxyl groups excluding tert-OH is 1. The molecule has 5 nitrogen and oxygen atoms in total. The van der Waals surface area contributed by atoms with E-state index < -0.39 is 17.8 Å². The number of ether oxygens (including phenoxy) is 1. The van der Waals surface area contributed by atoms with E-state index in [0.29, 0.717) is 12.5 Å². The van der Waals surface area contributed by atoms with Crippen molar-refractivity contribution in [1.29, 1.82) is 0 Å². The first-order valence-corrected chi connectivity index (χ1v) is 8.37. The molecule has 1 atom stereocenters. The normalized spacial score (nSPS) is 13.4. The maximum Gasteiger partial charge on any atom is 0.416 e. The van der Waals surface area contributed by atoms with Gasteiger partial charge < -0.3 is 20.5 Å². The summed E-state index contributed by atoms with van der Waals surface area (Å²) < 4.78 is 43.2. The molecule has 0 aliphatic rings. The number of aliphatic hydroxyl groups is 1. The molecule has 8 heteroatoms. The van der Waals surface area contributed by atoms with E-state index in [-0.39, 0.29) is 18.9 Å². The van der Waals surface area contributed by atoms with Crippen molar-refractivity contribution in [2.75, 3.05) is 26.2 Å². The van der Waals surface area contributed by atoms with Crippen LogP contribution < -0.4 is 15.4 Å². The summed E-state index contributed by atoms with van der Waals surface area (Å²) in [4.78, 5) is 4.24. The van der Waals surface area contributed by atoms with Gasteiger partial charge in [0.05, 0.1) is 12.1 Å². The van der Waals surface area contributed by atoms with Crippen LogP contribution in [0.5, 0.6) is 5.75 Å². The van der Waals surface area contributed by atoms with Gasteiger partial charge in [0.15, 0.2) is 5.96 Å². The highest BCUT2D eigenvalue weighted by molar-refractivity contribution is 5.79. The highest BCUT2D eigenvalue weighted by atomic mass is 19.4. The Labute approximate surface area is 146 Å². The molecule has 0 saturated heterocycles. The minimum Gasteiger partial charge on any atom is -0.491 e. The Morgan fingerprint density at radius 1 is 1.28 bits per heavy atom. The van der Waals surface area contributed by atoms with Crippen LogP contribution in [-0.4, -0.2) is 43.4 Å².